The summed E-state index contributed by atoms with van der Waals surface area (Å²) < 4.78 is 13.3. The van der Waals surface area contributed by atoms with E-state index in [9.17, 15) is 4.39 Å². The second kappa shape index (κ2) is 7.00. The summed E-state index contributed by atoms with van der Waals surface area (Å²) in [5.74, 6) is 0.350. The average Bonchev–Trinajstić information content (AvgIpc) is 2.48. The van der Waals surface area contributed by atoms with Crippen molar-refractivity contribution >= 4 is 34.8 Å². The Balaban J connectivity index is 2.40. The molecule has 0 spiro atoms. The Kier molecular flexibility index (Phi) is 5.54. The summed E-state index contributed by atoms with van der Waals surface area (Å²) >= 11 is 18.3. The summed E-state index contributed by atoms with van der Waals surface area (Å²) in [6.07, 6.45) is 0.615. The first-order chi connectivity index (χ1) is 10.0. The van der Waals surface area contributed by atoms with Crippen molar-refractivity contribution in [3.8, 4) is 0 Å². The Bertz CT molecular complexity index is 621. The maximum Gasteiger partial charge on any atom is 0.141 e. The van der Waals surface area contributed by atoms with Gasteiger partial charge in [0.05, 0.1) is 5.02 Å². The van der Waals surface area contributed by atoms with Crippen molar-refractivity contribution in [1.29, 1.82) is 0 Å². The Labute approximate surface area is 139 Å². The molecule has 0 N–H and O–H groups in total. The molecule has 2 aromatic carbocycles. The molecule has 0 bridgehead atoms. The highest BCUT2D eigenvalue weighted by molar-refractivity contribution is 6.30. The molecule has 21 heavy (non-hydrogen) atoms. The lowest BCUT2D eigenvalue weighted by Crippen LogP contribution is -2.33. The normalized spacial score (nSPS) is 11.7. The molecule has 0 saturated heterocycles. The van der Waals surface area contributed by atoms with E-state index in [2.05, 4.69) is 6.07 Å². The fourth-order valence-electron chi connectivity index (χ4n) is 2.40. The van der Waals surface area contributed by atoms with Gasteiger partial charge in [-0.15, -0.1) is 23.2 Å². The number of alkyl halides is 2. The molecule has 0 radical (unpaired) electrons. The van der Waals surface area contributed by atoms with Gasteiger partial charge in [0.15, 0.2) is 0 Å². The van der Waals surface area contributed by atoms with Crippen LogP contribution in [-0.2, 0) is 11.8 Å². The van der Waals surface area contributed by atoms with E-state index >= 15 is 0 Å². The van der Waals surface area contributed by atoms with Crippen molar-refractivity contribution < 1.29 is 4.39 Å². The van der Waals surface area contributed by atoms with Crippen molar-refractivity contribution in [2.24, 2.45) is 0 Å². The van der Waals surface area contributed by atoms with Crippen LogP contribution in [0, 0.1) is 12.7 Å². The minimum atomic E-state index is -0.418. The largest absolute Gasteiger partial charge is 0.205 e. The molecule has 0 aliphatic carbocycles. The molecule has 2 aromatic rings. The first kappa shape index (κ1) is 16.6. The van der Waals surface area contributed by atoms with Gasteiger partial charge in [0.2, 0.25) is 0 Å². The van der Waals surface area contributed by atoms with E-state index in [-0.39, 0.29) is 5.02 Å². The first-order valence-corrected chi connectivity index (χ1v) is 8.08. The summed E-state index contributed by atoms with van der Waals surface area (Å²) in [5, 5.41) is 0.120. The molecular formula is C17H16Cl3F. The van der Waals surface area contributed by atoms with E-state index in [0.29, 0.717) is 18.2 Å². The summed E-state index contributed by atoms with van der Waals surface area (Å²) in [7, 11) is 0. The van der Waals surface area contributed by atoms with Crippen molar-refractivity contribution in [3.05, 3.63) is 70.0 Å². The zero-order chi connectivity index (χ0) is 15.5. The highest BCUT2D eigenvalue weighted by Crippen LogP contribution is 2.33. The van der Waals surface area contributed by atoms with Crippen LogP contribution in [0.3, 0.4) is 0 Å². The van der Waals surface area contributed by atoms with Gasteiger partial charge in [0.1, 0.15) is 5.82 Å². The summed E-state index contributed by atoms with van der Waals surface area (Å²) in [4.78, 5) is 0. The van der Waals surface area contributed by atoms with Gasteiger partial charge in [-0.3, -0.25) is 0 Å². The lowest BCUT2D eigenvalue weighted by molar-refractivity contribution is 0.535. The summed E-state index contributed by atoms with van der Waals surface area (Å²) in [6.45, 7) is 2.03. The van der Waals surface area contributed by atoms with Crippen molar-refractivity contribution in [2.45, 2.75) is 18.8 Å². The number of halogens is 4. The van der Waals surface area contributed by atoms with E-state index in [0.717, 1.165) is 16.7 Å². The molecule has 0 heterocycles. The maximum atomic E-state index is 13.3. The molecule has 0 unspecified atom stereocenters. The quantitative estimate of drug-likeness (QED) is 0.606. The van der Waals surface area contributed by atoms with Gasteiger partial charge in [-0.05, 0) is 36.6 Å². The molecular weight excluding hydrogens is 330 g/mol. The van der Waals surface area contributed by atoms with Crippen molar-refractivity contribution in [2.75, 3.05) is 11.8 Å². The molecule has 0 aliphatic rings. The fourth-order valence-corrected chi connectivity index (χ4v) is 3.39. The Morgan fingerprint density at radius 2 is 1.76 bits per heavy atom. The van der Waals surface area contributed by atoms with E-state index in [4.69, 9.17) is 34.8 Å². The number of hydrogen-bond acceptors (Lipinski definition) is 0. The van der Waals surface area contributed by atoms with E-state index in [1.165, 1.54) is 6.07 Å². The predicted molar refractivity (Wildman–Crippen MR) is 89.4 cm³/mol. The lowest BCUT2D eigenvalue weighted by Gasteiger charge is -2.31. The third-order valence-corrected chi connectivity index (χ3v) is 4.98. The molecule has 0 saturated carbocycles. The third kappa shape index (κ3) is 3.71. The summed E-state index contributed by atoms with van der Waals surface area (Å²) in [6, 6.07) is 12.9. The van der Waals surface area contributed by atoms with Gasteiger partial charge < -0.3 is 0 Å². The third-order valence-electron chi connectivity index (χ3n) is 3.67. The Morgan fingerprint density at radius 1 is 1.05 bits per heavy atom. The number of hydrogen-bond donors (Lipinski definition) is 0. The van der Waals surface area contributed by atoms with Gasteiger partial charge in [0, 0.05) is 17.2 Å². The molecule has 0 nitrogen and oxygen atoms in total. The highest BCUT2D eigenvalue weighted by Gasteiger charge is 2.31. The number of aryl methyl sites for hydroxylation is 1. The second-order valence-electron chi connectivity index (χ2n) is 5.34. The topological polar surface area (TPSA) is 0 Å². The van der Waals surface area contributed by atoms with Gasteiger partial charge >= 0.3 is 0 Å². The van der Waals surface area contributed by atoms with Crippen LogP contribution >= 0.6 is 34.8 Å². The average molecular weight is 346 g/mol. The summed E-state index contributed by atoms with van der Waals surface area (Å²) in [5.41, 5.74) is 2.78. The SMILES string of the molecule is Cc1cccc(C(CCl)(CCl)Cc2ccc(F)c(Cl)c2)c1. The molecule has 0 amide bonds. The maximum absolute atomic E-state index is 13.3. The van der Waals surface area contributed by atoms with E-state index < -0.39 is 11.2 Å². The number of rotatable bonds is 5. The molecule has 0 aliphatic heterocycles. The Morgan fingerprint density at radius 3 is 2.33 bits per heavy atom. The van der Waals surface area contributed by atoms with Gasteiger partial charge in [-0.25, -0.2) is 4.39 Å². The van der Waals surface area contributed by atoms with Crippen LogP contribution in [0.2, 0.25) is 5.02 Å². The van der Waals surface area contributed by atoms with Gasteiger partial charge in [-0.2, -0.15) is 0 Å². The van der Waals surface area contributed by atoms with Crippen molar-refractivity contribution in [3.63, 3.8) is 0 Å². The van der Waals surface area contributed by atoms with Crippen LogP contribution in [0.1, 0.15) is 16.7 Å². The van der Waals surface area contributed by atoms with Crippen molar-refractivity contribution in [1.82, 2.24) is 0 Å². The standard InChI is InChI=1S/C17H16Cl3F/c1-12-3-2-4-14(7-12)17(10-18,11-19)9-13-5-6-16(21)15(20)8-13/h2-8H,9-11H2,1H3. The lowest BCUT2D eigenvalue weighted by atomic mass is 9.78. The zero-order valence-electron chi connectivity index (χ0n) is 11.7. The smallest absolute Gasteiger partial charge is 0.141 e. The van der Waals surface area contributed by atoms with Crippen LogP contribution in [-0.4, -0.2) is 11.8 Å². The van der Waals surface area contributed by atoms with Crippen LogP contribution in [0.15, 0.2) is 42.5 Å². The fraction of sp³-hybridized carbons (Fsp3) is 0.294. The van der Waals surface area contributed by atoms with E-state index in [1.54, 1.807) is 12.1 Å². The molecule has 0 atom stereocenters. The first-order valence-electron chi connectivity index (χ1n) is 6.64. The second-order valence-corrected chi connectivity index (χ2v) is 6.28. The van der Waals surface area contributed by atoms with Gasteiger partial charge in [-0.1, -0.05) is 47.5 Å². The highest BCUT2D eigenvalue weighted by atomic mass is 35.5. The van der Waals surface area contributed by atoms with Crippen LogP contribution in [0.25, 0.3) is 0 Å². The minimum absolute atomic E-state index is 0.120. The molecule has 112 valence electrons. The number of benzene rings is 2. The molecule has 0 aromatic heterocycles. The molecule has 0 fully saturated rings. The van der Waals surface area contributed by atoms with Crippen LogP contribution in [0.5, 0.6) is 0 Å². The predicted octanol–water partition coefficient (Wildman–Crippen LogP) is 5.75. The Hall–Kier alpha value is -0.760. The molecule has 2 rings (SSSR count). The van der Waals surface area contributed by atoms with Gasteiger partial charge in [0.25, 0.3) is 0 Å². The van der Waals surface area contributed by atoms with Crippen LogP contribution < -0.4 is 0 Å². The zero-order valence-corrected chi connectivity index (χ0v) is 13.9. The van der Waals surface area contributed by atoms with Crippen LogP contribution in [0.4, 0.5) is 4.39 Å². The molecule has 4 heteroatoms. The monoisotopic (exact) mass is 344 g/mol. The van der Waals surface area contributed by atoms with E-state index in [1.807, 2.05) is 25.1 Å². The minimum Gasteiger partial charge on any atom is -0.205 e.